The average Bonchev–Trinajstić information content (AvgIpc) is 3.66. The van der Waals surface area contributed by atoms with Gasteiger partial charge < -0.3 is 29.6 Å². The summed E-state index contributed by atoms with van der Waals surface area (Å²) in [6, 6.07) is 9.96. The molecule has 11 heteroatoms. The maximum atomic E-state index is 14.3. The van der Waals surface area contributed by atoms with Crippen molar-refractivity contribution in [3.8, 4) is 17.1 Å². The number of benzene rings is 1. The first kappa shape index (κ1) is 29.7. The van der Waals surface area contributed by atoms with Crippen molar-refractivity contribution in [3.63, 3.8) is 0 Å². The normalized spacial score (nSPS) is 21.4. The van der Waals surface area contributed by atoms with Gasteiger partial charge in [-0.2, -0.15) is 5.10 Å². The molecular weight excluding hydrogens is 575 g/mol. The third-order valence-corrected chi connectivity index (χ3v) is 9.78. The lowest BCUT2D eigenvalue weighted by molar-refractivity contribution is -0.145. The maximum absolute atomic E-state index is 14.3. The summed E-state index contributed by atoms with van der Waals surface area (Å²) in [4.78, 5) is 29.5. The Morgan fingerprint density at radius 2 is 1.87 bits per heavy atom. The largest absolute Gasteiger partial charge is 0.494 e. The van der Waals surface area contributed by atoms with E-state index in [0.717, 1.165) is 34.4 Å². The standard InChI is InChI=1S/C34H41FN6O4/c1-19-30(37-41-16-23(11-29(45-4)31(19)41)34(43)39-17-25(35)12-26(36)18-39)28-10-22-6-5-7-27(32(22)40(28)13-21-8-9-21)24-14-38(15-24)33(42)20(2)44-3/h5-7,10-11,16,20-21,24-26H,8-9,12-15,17-18,36H2,1-4H3/t20-,25+,26+/m0/s1. The Balaban J connectivity index is 1.29. The second-order valence-corrected chi connectivity index (χ2v) is 13.1. The van der Waals surface area contributed by atoms with Crippen LogP contribution in [0.2, 0.25) is 0 Å². The lowest BCUT2D eigenvalue weighted by atomic mass is 9.89. The lowest BCUT2D eigenvalue weighted by Crippen LogP contribution is -2.52. The van der Waals surface area contributed by atoms with Crippen molar-refractivity contribution < 1.29 is 23.5 Å². The molecule has 10 nitrogen and oxygen atoms in total. The first-order valence-corrected chi connectivity index (χ1v) is 15.9. The molecule has 4 aromatic rings. The Bertz CT molecular complexity index is 1780. The van der Waals surface area contributed by atoms with Gasteiger partial charge in [0.15, 0.2) is 0 Å². The van der Waals surface area contributed by atoms with Crippen molar-refractivity contribution in [1.82, 2.24) is 24.0 Å². The molecule has 0 bridgehead atoms. The predicted molar refractivity (Wildman–Crippen MR) is 169 cm³/mol. The zero-order valence-corrected chi connectivity index (χ0v) is 26.3. The number of ether oxygens (including phenoxy) is 2. The van der Waals surface area contributed by atoms with Gasteiger partial charge in [-0.3, -0.25) is 9.59 Å². The van der Waals surface area contributed by atoms with Crippen LogP contribution in [0.25, 0.3) is 27.8 Å². The summed E-state index contributed by atoms with van der Waals surface area (Å²) in [7, 11) is 3.15. The van der Waals surface area contributed by atoms with Crippen molar-refractivity contribution in [2.45, 2.75) is 63.9 Å². The Morgan fingerprint density at radius 3 is 2.56 bits per heavy atom. The number of fused-ring (bicyclic) bond motifs is 2. The van der Waals surface area contributed by atoms with Gasteiger partial charge in [0.1, 0.15) is 29.2 Å². The zero-order chi connectivity index (χ0) is 31.6. The fraction of sp³-hybridized carbons (Fsp3) is 0.500. The molecule has 1 aromatic carbocycles. The molecule has 7 rings (SSSR count). The number of alkyl halides is 1. The van der Waals surface area contributed by atoms with Crippen LogP contribution in [0.3, 0.4) is 0 Å². The highest BCUT2D eigenvalue weighted by atomic mass is 19.1. The number of para-hydroxylation sites is 1. The zero-order valence-electron chi connectivity index (χ0n) is 26.3. The van der Waals surface area contributed by atoms with Crippen molar-refractivity contribution >= 4 is 28.2 Å². The summed E-state index contributed by atoms with van der Waals surface area (Å²) in [5.74, 6) is 1.12. The van der Waals surface area contributed by atoms with Crippen LogP contribution in [-0.2, 0) is 16.1 Å². The van der Waals surface area contributed by atoms with E-state index in [1.165, 1.54) is 28.8 Å². The van der Waals surface area contributed by atoms with Crippen LogP contribution in [-0.4, -0.2) is 94.5 Å². The Hall–Kier alpha value is -3.96. The number of pyridine rings is 1. The Labute approximate surface area is 261 Å². The molecule has 2 aliphatic heterocycles. The van der Waals surface area contributed by atoms with Crippen molar-refractivity contribution in [3.05, 3.63) is 53.2 Å². The van der Waals surface area contributed by atoms with Gasteiger partial charge in [-0.05, 0) is 56.7 Å². The van der Waals surface area contributed by atoms with Crippen LogP contribution in [0.1, 0.15) is 53.6 Å². The van der Waals surface area contributed by atoms with E-state index in [-0.39, 0.29) is 30.7 Å². The van der Waals surface area contributed by atoms with Crippen LogP contribution in [0, 0.1) is 12.8 Å². The van der Waals surface area contributed by atoms with Gasteiger partial charge in [0.25, 0.3) is 11.8 Å². The van der Waals surface area contributed by atoms with Crippen LogP contribution >= 0.6 is 0 Å². The summed E-state index contributed by atoms with van der Waals surface area (Å²) in [6.45, 7) is 6.38. The molecule has 3 atom stereocenters. The molecule has 1 aliphatic carbocycles. The first-order valence-electron chi connectivity index (χ1n) is 15.9. The number of nitrogens with zero attached hydrogens (tertiary/aromatic N) is 5. The van der Waals surface area contributed by atoms with E-state index in [1.807, 2.05) is 11.8 Å². The fourth-order valence-electron chi connectivity index (χ4n) is 7.07. The molecule has 3 aromatic heterocycles. The van der Waals surface area contributed by atoms with Crippen molar-refractivity contribution in [2.24, 2.45) is 11.7 Å². The van der Waals surface area contributed by atoms with E-state index < -0.39 is 18.3 Å². The summed E-state index contributed by atoms with van der Waals surface area (Å²) in [5, 5.41) is 6.18. The minimum absolute atomic E-state index is 0.0229. The van der Waals surface area contributed by atoms with Crippen LogP contribution in [0.4, 0.5) is 4.39 Å². The summed E-state index contributed by atoms with van der Waals surface area (Å²) >= 11 is 0. The number of likely N-dealkylation sites (tertiary alicyclic amines) is 2. The third kappa shape index (κ3) is 5.25. The number of amides is 2. The number of rotatable bonds is 8. The van der Waals surface area contributed by atoms with Gasteiger partial charge in [-0.25, -0.2) is 8.91 Å². The summed E-state index contributed by atoms with van der Waals surface area (Å²) in [6.07, 6.45) is 2.78. The molecule has 0 spiro atoms. The number of hydrogen-bond acceptors (Lipinski definition) is 6. The van der Waals surface area contributed by atoms with E-state index >= 15 is 0 Å². The SMILES string of the molecule is COc1cc(C(=O)N2C[C@H](N)C[C@@H](F)C2)cn2nc(-c3cc4cccc(C5CN(C(=O)[C@H](C)OC)C5)c4n3CC3CC3)c(C)c12. The molecular formula is C34H41FN6O4. The number of aryl methyl sites for hydroxylation is 1. The summed E-state index contributed by atoms with van der Waals surface area (Å²) in [5.41, 5.74) is 12.4. The van der Waals surface area contributed by atoms with Gasteiger partial charge in [-0.1, -0.05) is 18.2 Å². The highest BCUT2D eigenvalue weighted by Gasteiger charge is 2.36. The number of methoxy groups -OCH3 is 2. The number of carbonyl (C=O) groups is 2. The van der Waals surface area contributed by atoms with E-state index in [9.17, 15) is 14.0 Å². The molecule has 2 N–H and O–H groups in total. The number of halogens is 1. The van der Waals surface area contributed by atoms with E-state index in [2.05, 4.69) is 28.8 Å². The van der Waals surface area contributed by atoms with Crippen molar-refractivity contribution in [1.29, 1.82) is 0 Å². The van der Waals surface area contributed by atoms with Gasteiger partial charge in [-0.15, -0.1) is 0 Å². The molecule has 238 valence electrons. The number of piperidine rings is 1. The van der Waals surface area contributed by atoms with Crippen molar-refractivity contribution in [2.75, 3.05) is 40.4 Å². The monoisotopic (exact) mass is 616 g/mol. The average molecular weight is 617 g/mol. The van der Waals surface area contributed by atoms with Crippen LogP contribution in [0.15, 0.2) is 36.5 Å². The Morgan fingerprint density at radius 1 is 1.09 bits per heavy atom. The smallest absolute Gasteiger partial charge is 0.255 e. The van der Waals surface area contributed by atoms with E-state index in [4.69, 9.17) is 20.3 Å². The number of aromatic nitrogens is 3. The molecule has 3 aliphatic rings. The second kappa shape index (κ2) is 11.4. The van der Waals surface area contributed by atoms with E-state index in [0.29, 0.717) is 36.9 Å². The molecule has 0 radical (unpaired) electrons. The van der Waals surface area contributed by atoms with Gasteiger partial charge in [0.05, 0.1) is 30.4 Å². The minimum atomic E-state index is -1.14. The topological polar surface area (TPSA) is 107 Å². The molecule has 0 unspecified atom stereocenters. The van der Waals surface area contributed by atoms with Gasteiger partial charge in [0, 0.05) is 62.4 Å². The lowest BCUT2D eigenvalue weighted by Gasteiger charge is -2.41. The number of carbonyl (C=O) groups excluding carboxylic acids is 2. The quantitative estimate of drug-likeness (QED) is 0.319. The number of hydrogen-bond donors (Lipinski definition) is 1. The minimum Gasteiger partial charge on any atom is -0.494 e. The van der Waals surface area contributed by atoms with Gasteiger partial charge >= 0.3 is 0 Å². The molecule has 3 fully saturated rings. The predicted octanol–water partition coefficient (Wildman–Crippen LogP) is 4.16. The highest BCUT2D eigenvalue weighted by Crippen LogP contribution is 2.41. The van der Waals surface area contributed by atoms with E-state index in [1.54, 1.807) is 37.9 Å². The van der Waals surface area contributed by atoms with Crippen LogP contribution in [0.5, 0.6) is 5.75 Å². The molecule has 45 heavy (non-hydrogen) atoms. The third-order valence-electron chi connectivity index (χ3n) is 9.78. The Kier molecular flexibility index (Phi) is 7.56. The van der Waals surface area contributed by atoms with Gasteiger partial charge in [0.2, 0.25) is 0 Å². The maximum Gasteiger partial charge on any atom is 0.255 e. The molecule has 2 saturated heterocycles. The first-order chi connectivity index (χ1) is 21.7. The number of nitrogens with two attached hydrogens (primary N) is 1. The highest BCUT2D eigenvalue weighted by molar-refractivity contribution is 5.96. The molecule has 1 saturated carbocycles. The second-order valence-electron chi connectivity index (χ2n) is 13.1. The molecule has 2 amide bonds. The van der Waals surface area contributed by atoms with Crippen LogP contribution < -0.4 is 10.5 Å². The fourth-order valence-corrected chi connectivity index (χ4v) is 7.07. The molecule has 5 heterocycles. The summed E-state index contributed by atoms with van der Waals surface area (Å²) < 4.78 is 29.5.